The van der Waals surface area contributed by atoms with Crippen LogP contribution < -0.4 is 15.4 Å². The second kappa shape index (κ2) is 13.7. The summed E-state index contributed by atoms with van der Waals surface area (Å²) in [5.74, 6) is 0.854. The van der Waals surface area contributed by atoms with Gasteiger partial charge in [0, 0.05) is 50.4 Å². The molecule has 0 radical (unpaired) electrons. The van der Waals surface area contributed by atoms with E-state index in [9.17, 15) is 24.9 Å². The summed E-state index contributed by atoms with van der Waals surface area (Å²) >= 11 is 1.45. The Bertz CT molecular complexity index is 1630. The van der Waals surface area contributed by atoms with Crippen molar-refractivity contribution in [3.8, 4) is 22.1 Å². The molecule has 0 aliphatic heterocycles. The van der Waals surface area contributed by atoms with E-state index in [0.29, 0.717) is 22.9 Å². The van der Waals surface area contributed by atoms with Gasteiger partial charge in [0.2, 0.25) is 0 Å². The van der Waals surface area contributed by atoms with E-state index < -0.39 is 24.2 Å². The van der Waals surface area contributed by atoms with Gasteiger partial charge in [0.15, 0.2) is 0 Å². The molecule has 44 heavy (non-hydrogen) atoms. The third-order valence-electron chi connectivity index (χ3n) is 7.22. The molecule has 0 spiro atoms. The molecule has 1 fully saturated rings. The van der Waals surface area contributed by atoms with E-state index >= 15 is 0 Å². The van der Waals surface area contributed by atoms with E-state index in [1.54, 1.807) is 30.5 Å². The molecule has 6 N–H and O–H groups in total. The molecule has 1 aromatic carbocycles. The number of aliphatic hydroxyl groups excluding tert-OH is 4. The molecule has 0 saturated heterocycles. The van der Waals surface area contributed by atoms with Crippen LogP contribution in [0.2, 0.25) is 0 Å². The maximum absolute atomic E-state index is 12.9. The fraction of sp³-hybridized carbons (Fsp3) is 0.355. The number of ether oxygens (including phenoxy) is 1. The lowest BCUT2D eigenvalue weighted by Gasteiger charge is -2.26. The summed E-state index contributed by atoms with van der Waals surface area (Å²) in [6, 6.07) is 12.6. The maximum atomic E-state index is 12.9. The summed E-state index contributed by atoms with van der Waals surface area (Å²) in [6.07, 6.45) is 0.851. The minimum Gasteiger partial charge on any atom is -0.455 e. The average molecular weight is 622 g/mol. The summed E-state index contributed by atoms with van der Waals surface area (Å²) in [4.78, 5) is 36.0. The SMILES string of the molecule is Cc1cc(NC(=O)NC2CC2)ccc1Oc1ccnc2cc(-c3ccc(C(=O)N(C)CC(O)C(O)C(O)CCO)cn3)sc12. The number of hydrogen-bond donors (Lipinski definition) is 6. The first-order chi connectivity index (χ1) is 21.1. The molecule has 13 heteroatoms. The number of urea groups is 1. The molecule has 4 aromatic rings. The minimum atomic E-state index is -1.50. The van der Waals surface area contributed by atoms with Crippen molar-refractivity contribution in [2.45, 2.75) is 50.5 Å². The number of amides is 3. The molecule has 12 nitrogen and oxygen atoms in total. The molecule has 232 valence electrons. The minimum absolute atomic E-state index is 0.0891. The van der Waals surface area contributed by atoms with Crippen LogP contribution in [0.4, 0.5) is 10.5 Å². The molecule has 3 unspecified atom stereocenters. The van der Waals surface area contributed by atoms with Crippen molar-refractivity contribution in [1.29, 1.82) is 0 Å². The Morgan fingerprint density at radius 2 is 1.86 bits per heavy atom. The lowest BCUT2D eigenvalue weighted by Crippen LogP contribution is -2.45. The number of carbonyl (C=O) groups is 2. The number of aryl methyl sites for hydroxylation is 1. The van der Waals surface area contributed by atoms with E-state index in [0.717, 1.165) is 33.5 Å². The molecule has 5 rings (SSSR count). The summed E-state index contributed by atoms with van der Waals surface area (Å²) in [6.45, 7) is 1.35. The lowest BCUT2D eigenvalue weighted by molar-refractivity contribution is -0.0709. The molecule has 3 amide bonds. The first-order valence-corrected chi connectivity index (χ1v) is 15.1. The number of hydrogen-bond acceptors (Lipinski definition) is 10. The Hall–Kier alpha value is -4.14. The summed E-state index contributed by atoms with van der Waals surface area (Å²) in [7, 11) is 1.47. The van der Waals surface area contributed by atoms with E-state index in [-0.39, 0.29) is 37.2 Å². The monoisotopic (exact) mass is 621 g/mol. The highest BCUT2D eigenvalue weighted by Crippen LogP contribution is 2.39. The topological polar surface area (TPSA) is 177 Å². The fourth-order valence-electron chi connectivity index (χ4n) is 4.58. The van der Waals surface area contributed by atoms with Gasteiger partial charge in [-0.2, -0.15) is 0 Å². The Balaban J connectivity index is 1.26. The predicted octanol–water partition coefficient (Wildman–Crippen LogP) is 3.28. The highest BCUT2D eigenvalue weighted by molar-refractivity contribution is 7.22. The molecule has 3 atom stereocenters. The number of benzene rings is 1. The van der Waals surface area contributed by atoms with Gasteiger partial charge in [-0.25, -0.2) is 4.79 Å². The fourth-order valence-corrected chi connectivity index (χ4v) is 5.62. The van der Waals surface area contributed by atoms with Gasteiger partial charge < -0.3 is 40.7 Å². The zero-order valence-electron chi connectivity index (χ0n) is 24.3. The third kappa shape index (κ3) is 7.49. The maximum Gasteiger partial charge on any atom is 0.319 e. The van der Waals surface area contributed by atoms with E-state index in [4.69, 9.17) is 9.84 Å². The van der Waals surface area contributed by atoms with Crippen LogP contribution in [0.5, 0.6) is 11.5 Å². The van der Waals surface area contributed by atoms with Crippen molar-refractivity contribution < 1.29 is 34.8 Å². The standard InChI is InChI=1S/C31H35N5O7S/c1-17-13-20(35-31(42)34-19-4-5-19)6-8-25(17)43-26-9-11-32-22-14-27(44-29(22)26)21-7-3-18(15-33-21)30(41)36(2)16-24(39)28(40)23(38)10-12-37/h3,6-9,11,13-15,19,23-24,28,37-40H,4-5,10,12,16H2,1-2H3,(H2,34,35,42). The summed E-state index contributed by atoms with van der Waals surface area (Å²) in [5, 5.41) is 44.7. The summed E-state index contributed by atoms with van der Waals surface area (Å²) in [5.41, 5.74) is 3.18. The number of nitrogens with one attached hydrogen (secondary N) is 2. The quantitative estimate of drug-likeness (QED) is 0.139. The van der Waals surface area contributed by atoms with Crippen LogP contribution in [0.25, 0.3) is 20.8 Å². The van der Waals surface area contributed by atoms with Crippen molar-refractivity contribution in [1.82, 2.24) is 20.2 Å². The van der Waals surface area contributed by atoms with E-state index in [1.165, 1.54) is 29.5 Å². The Labute approximate surface area is 258 Å². The molecular weight excluding hydrogens is 586 g/mol. The number of pyridine rings is 2. The van der Waals surface area contributed by atoms with Gasteiger partial charge in [-0.05, 0) is 68.1 Å². The Morgan fingerprint density at radius 3 is 2.55 bits per heavy atom. The van der Waals surface area contributed by atoms with Gasteiger partial charge in [-0.3, -0.25) is 14.8 Å². The second-order valence-corrected chi connectivity index (χ2v) is 11.9. The molecule has 1 aliphatic rings. The van der Waals surface area contributed by atoms with Crippen molar-refractivity contribution in [2.24, 2.45) is 0 Å². The van der Waals surface area contributed by atoms with Gasteiger partial charge in [0.25, 0.3) is 5.91 Å². The zero-order valence-corrected chi connectivity index (χ0v) is 25.1. The van der Waals surface area contributed by atoms with Gasteiger partial charge in [-0.1, -0.05) is 0 Å². The van der Waals surface area contributed by atoms with Gasteiger partial charge in [-0.15, -0.1) is 11.3 Å². The van der Waals surface area contributed by atoms with E-state index in [1.807, 2.05) is 25.1 Å². The first kappa shape index (κ1) is 31.3. The largest absolute Gasteiger partial charge is 0.455 e. The number of likely N-dealkylation sites (N-methyl/N-ethyl adjacent to an activating group) is 1. The highest BCUT2D eigenvalue weighted by atomic mass is 32.1. The smallest absolute Gasteiger partial charge is 0.319 e. The number of aromatic nitrogens is 2. The lowest BCUT2D eigenvalue weighted by atomic mass is 10.0. The molecule has 3 aromatic heterocycles. The number of aliphatic hydroxyl groups is 4. The number of rotatable bonds is 12. The predicted molar refractivity (Wildman–Crippen MR) is 166 cm³/mol. The zero-order chi connectivity index (χ0) is 31.4. The average Bonchev–Trinajstić information content (AvgIpc) is 3.71. The Morgan fingerprint density at radius 1 is 1.07 bits per heavy atom. The van der Waals surface area contributed by atoms with Gasteiger partial charge in [0.1, 0.15) is 17.6 Å². The molecule has 0 bridgehead atoms. The van der Waals surface area contributed by atoms with Crippen LogP contribution >= 0.6 is 11.3 Å². The van der Waals surface area contributed by atoms with Crippen LogP contribution in [0, 0.1) is 6.92 Å². The molecule has 3 heterocycles. The van der Waals surface area contributed by atoms with Crippen LogP contribution in [0.3, 0.4) is 0 Å². The van der Waals surface area contributed by atoms with Crippen LogP contribution in [0.15, 0.2) is 54.9 Å². The third-order valence-corrected chi connectivity index (χ3v) is 8.39. The van der Waals surface area contributed by atoms with Gasteiger partial charge >= 0.3 is 6.03 Å². The van der Waals surface area contributed by atoms with Crippen molar-refractivity contribution in [3.05, 3.63) is 66.0 Å². The van der Waals surface area contributed by atoms with Crippen molar-refractivity contribution in [3.63, 3.8) is 0 Å². The number of thiophene rings is 1. The highest BCUT2D eigenvalue weighted by Gasteiger charge is 2.27. The molecule has 1 aliphatic carbocycles. The first-order valence-electron chi connectivity index (χ1n) is 14.2. The number of fused-ring (bicyclic) bond motifs is 1. The van der Waals surface area contributed by atoms with Gasteiger partial charge in [0.05, 0.1) is 38.6 Å². The molecule has 1 saturated carbocycles. The van der Waals surface area contributed by atoms with Crippen molar-refractivity contribution in [2.75, 3.05) is 25.5 Å². The van der Waals surface area contributed by atoms with E-state index in [2.05, 4.69) is 20.6 Å². The Kier molecular flexibility index (Phi) is 9.71. The number of carbonyl (C=O) groups excluding carboxylic acids is 2. The normalized spacial score (nSPS) is 15.0. The number of anilines is 1. The summed E-state index contributed by atoms with van der Waals surface area (Å²) < 4.78 is 7.09. The number of nitrogens with zero attached hydrogens (tertiary/aromatic N) is 3. The molecular formula is C31H35N5O7S. The van der Waals surface area contributed by atoms with Crippen LogP contribution in [-0.4, -0.2) is 91.8 Å². The van der Waals surface area contributed by atoms with Crippen LogP contribution in [0.1, 0.15) is 35.2 Å². The second-order valence-electron chi connectivity index (χ2n) is 10.8. The van der Waals surface area contributed by atoms with Crippen LogP contribution in [-0.2, 0) is 0 Å². The van der Waals surface area contributed by atoms with Crippen molar-refractivity contribution >= 4 is 39.2 Å².